The number of hydrogen-bond acceptors (Lipinski definition) is 5. The second-order valence-electron chi connectivity index (χ2n) is 6.48. The topological polar surface area (TPSA) is 93.9 Å². The van der Waals surface area contributed by atoms with E-state index in [4.69, 9.17) is 15.2 Å². The number of primary amides is 1. The number of hydrogen-bond donors (Lipinski definition) is 2. The number of nitrogens with two attached hydrogens (primary N) is 1. The van der Waals surface area contributed by atoms with E-state index in [0.717, 1.165) is 18.7 Å². The number of likely N-dealkylation sites (N-methyl/N-ethyl adjacent to an activating group) is 1. The minimum Gasteiger partial charge on any atom is -0.493 e. The van der Waals surface area contributed by atoms with Crippen LogP contribution in [0, 0.1) is 0 Å². The first-order chi connectivity index (χ1) is 14.0. The molecule has 2 amide bonds. The van der Waals surface area contributed by atoms with Gasteiger partial charge in [0.1, 0.15) is 0 Å². The summed E-state index contributed by atoms with van der Waals surface area (Å²) >= 11 is 0. The lowest BCUT2D eigenvalue weighted by atomic mass is 10.0. The first-order valence-electron chi connectivity index (χ1n) is 9.66. The van der Waals surface area contributed by atoms with Crippen LogP contribution >= 0.6 is 0 Å². The summed E-state index contributed by atoms with van der Waals surface area (Å²) in [6.07, 6.45) is 0. The molecule has 0 aliphatic carbocycles. The van der Waals surface area contributed by atoms with Crippen LogP contribution in [0.4, 0.5) is 0 Å². The molecule has 2 rings (SSSR count). The number of nitrogens with zero attached hydrogens (tertiary/aromatic N) is 1. The van der Waals surface area contributed by atoms with E-state index in [-0.39, 0.29) is 18.6 Å². The Bertz CT molecular complexity index is 807. The average molecular weight is 399 g/mol. The number of benzene rings is 2. The van der Waals surface area contributed by atoms with Crippen LogP contribution in [-0.2, 0) is 4.79 Å². The van der Waals surface area contributed by atoms with Crippen molar-refractivity contribution in [2.24, 2.45) is 5.73 Å². The molecule has 1 unspecified atom stereocenters. The van der Waals surface area contributed by atoms with Crippen molar-refractivity contribution < 1.29 is 19.1 Å². The van der Waals surface area contributed by atoms with Gasteiger partial charge in [-0.2, -0.15) is 0 Å². The second kappa shape index (κ2) is 11.1. The van der Waals surface area contributed by atoms with Gasteiger partial charge in [-0.1, -0.05) is 44.2 Å². The molecule has 2 aromatic carbocycles. The Morgan fingerprint density at radius 1 is 1.07 bits per heavy atom. The van der Waals surface area contributed by atoms with Crippen LogP contribution < -0.4 is 20.5 Å². The van der Waals surface area contributed by atoms with E-state index in [0.29, 0.717) is 23.6 Å². The van der Waals surface area contributed by atoms with E-state index < -0.39 is 5.91 Å². The molecule has 156 valence electrons. The first kappa shape index (κ1) is 22.2. The molecule has 2 aromatic rings. The third kappa shape index (κ3) is 6.22. The van der Waals surface area contributed by atoms with E-state index >= 15 is 0 Å². The molecule has 0 heterocycles. The summed E-state index contributed by atoms with van der Waals surface area (Å²) in [5, 5.41) is 3.02. The highest BCUT2D eigenvalue weighted by molar-refractivity contribution is 5.95. The van der Waals surface area contributed by atoms with Gasteiger partial charge in [0.25, 0.3) is 11.8 Å². The Morgan fingerprint density at radius 3 is 2.34 bits per heavy atom. The predicted molar refractivity (Wildman–Crippen MR) is 112 cm³/mol. The number of carbonyl (C=O) groups is 2. The van der Waals surface area contributed by atoms with Gasteiger partial charge in [0.05, 0.1) is 13.2 Å². The quantitative estimate of drug-likeness (QED) is 0.605. The standard InChI is InChI=1S/C22H29N3O4/c1-4-25(5-2)18(16-9-7-6-8-10-16)14-24-22(27)17-11-12-19(20(13-17)28-3)29-15-21(23)26/h6-13,18H,4-5,14-15H2,1-3H3,(H2,23,26)(H,24,27). The Balaban J connectivity index is 2.12. The van der Waals surface area contributed by atoms with E-state index in [9.17, 15) is 9.59 Å². The van der Waals surface area contributed by atoms with Crippen molar-refractivity contribution >= 4 is 11.8 Å². The van der Waals surface area contributed by atoms with E-state index in [1.165, 1.54) is 7.11 Å². The molecular weight excluding hydrogens is 370 g/mol. The number of ether oxygens (including phenoxy) is 2. The van der Waals surface area contributed by atoms with Crippen LogP contribution in [0.2, 0.25) is 0 Å². The van der Waals surface area contributed by atoms with Gasteiger partial charge in [-0.05, 0) is 36.9 Å². The molecule has 0 spiro atoms. The van der Waals surface area contributed by atoms with Gasteiger partial charge in [-0.3, -0.25) is 14.5 Å². The molecule has 7 nitrogen and oxygen atoms in total. The van der Waals surface area contributed by atoms with Crippen molar-refractivity contribution in [3.63, 3.8) is 0 Å². The fourth-order valence-corrected chi connectivity index (χ4v) is 3.17. The molecule has 0 saturated heterocycles. The zero-order valence-electron chi connectivity index (χ0n) is 17.2. The highest BCUT2D eigenvalue weighted by atomic mass is 16.5. The number of nitrogens with one attached hydrogen (secondary N) is 1. The number of rotatable bonds is 11. The van der Waals surface area contributed by atoms with Gasteiger partial charge >= 0.3 is 0 Å². The largest absolute Gasteiger partial charge is 0.493 e. The van der Waals surface area contributed by atoms with E-state index in [2.05, 4.69) is 36.2 Å². The fourth-order valence-electron chi connectivity index (χ4n) is 3.17. The van der Waals surface area contributed by atoms with E-state index in [1.54, 1.807) is 18.2 Å². The first-order valence-corrected chi connectivity index (χ1v) is 9.66. The summed E-state index contributed by atoms with van der Waals surface area (Å²) in [6.45, 7) is 6.20. The van der Waals surface area contributed by atoms with Gasteiger partial charge in [-0.15, -0.1) is 0 Å². The van der Waals surface area contributed by atoms with Gasteiger partial charge in [0, 0.05) is 12.1 Å². The Labute approximate surface area is 171 Å². The Kier molecular flexibility index (Phi) is 8.48. The van der Waals surface area contributed by atoms with Gasteiger partial charge in [-0.25, -0.2) is 0 Å². The lowest BCUT2D eigenvalue weighted by Gasteiger charge is -2.30. The van der Waals surface area contributed by atoms with Crippen LogP contribution in [0.25, 0.3) is 0 Å². The number of carbonyl (C=O) groups excluding carboxylic acids is 2. The SMILES string of the molecule is CCN(CC)C(CNC(=O)c1ccc(OCC(N)=O)c(OC)c1)c1ccccc1. The molecule has 1 atom stereocenters. The predicted octanol–water partition coefficient (Wildman–Crippen LogP) is 2.37. The zero-order valence-corrected chi connectivity index (χ0v) is 17.2. The zero-order chi connectivity index (χ0) is 21.2. The minimum atomic E-state index is -0.586. The van der Waals surface area contributed by atoms with Gasteiger partial charge < -0.3 is 20.5 Å². The molecule has 0 fully saturated rings. The molecular formula is C22H29N3O4. The minimum absolute atomic E-state index is 0.0789. The van der Waals surface area contributed by atoms with Gasteiger partial charge in [0.2, 0.25) is 0 Å². The van der Waals surface area contributed by atoms with Crippen LogP contribution in [0.15, 0.2) is 48.5 Å². The third-order valence-corrected chi connectivity index (χ3v) is 4.69. The Hall–Kier alpha value is -3.06. The summed E-state index contributed by atoms with van der Waals surface area (Å²) in [4.78, 5) is 25.9. The summed E-state index contributed by atoms with van der Waals surface area (Å²) in [7, 11) is 1.47. The maximum atomic E-state index is 12.7. The van der Waals surface area contributed by atoms with Crippen molar-refractivity contribution in [1.82, 2.24) is 10.2 Å². The fraction of sp³-hybridized carbons (Fsp3) is 0.364. The molecule has 0 radical (unpaired) electrons. The highest BCUT2D eigenvalue weighted by Crippen LogP contribution is 2.28. The highest BCUT2D eigenvalue weighted by Gasteiger charge is 2.19. The molecule has 29 heavy (non-hydrogen) atoms. The lowest BCUT2D eigenvalue weighted by Crippen LogP contribution is -2.38. The molecule has 0 saturated carbocycles. The molecule has 7 heteroatoms. The van der Waals surface area contributed by atoms with Crippen molar-refractivity contribution in [2.45, 2.75) is 19.9 Å². The van der Waals surface area contributed by atoms with E-state index in [1.807, 2.05) is 18.2 Å². The van der Waals surface area contributed by atoms with Crippen LogP contribution in [0.3, 0.4) is 0 Å². The molecule has 0 aromatic heterocycles. The van der Waals surface area contributed by atoms with Crippen molar-refractivity contribution in [2.75, 3.05) is 33.4 Å². The van der Waals surface area contributed by atoms with Crippen LogP contribution in [0.1, 0.15) is 35.8 Å². The molecule has 3 N–H and O–H groups in total. The molecule has 0 aliphatic rings. The van der Waals surface area contributed by atoms with Gasteiger partial charge in [0.15, 0.2) is 18.1 Å². The third-order valence-electron chi connectivity index (χ3n) is 4.69. The van der Waals surface area contributed by atoms with Crippen LogP contribution in [0.5, 0.6) is 11.5 Å². The maximum Gasteiger partial charge on any atom is 0.255 e. The smallest absolute Gasteiger partial charge is 0.255 e. The number of methoxy groups -OCH3 is 1. The molecule has 0 bridgehead atoms. The summed E-state index contributed by atoms with van der Waals surface area (Å²) < 4.78 is 10.6. The number of amides is 2. The average Bonchev–Trinajstić information content (AvgIpc) is 2.75. The summed E-state index contributed by atoms with van der Waals surface area (Å²) in [5.41, 5.74) is 6.70. The summed E-state index contributed by atoms with van der Waals surface area (Å²) in [6, 6.07) is 15.0. The van der Waals surface area contributed by atoms with Crippen molar-refractivity contribution in [3.8, 4) is 11.5 Å². The maximum absolute atomic E-state index is 12.7. The Morgan fingerprint density at radius 2 is 1.76 bits per heavy atom. The normalized spacial score (nSPS) is 11.7. The molecule has 0 aliphatic heterocycles. The van der Waals surface area contributed by atoms with Crippen molar-refractivity contribution in [1.29, 1.82) is 0 Å². The second-order valence-corrected chi connectivity index (χ2v) is 6.48. The lowest BCUT2D eigenvalue weighted by molar-refractivity contribution is -0.119. The van der Waals surface area contributed by atoms with Crippen molar-refractivity contribution in [3.05, 3.63) is 59.7 Å². The van der Waals surface area contributed by atoms with Crippen LogP contribution in [-0.4, -0.2) is 50.1 Å². The summed E-state index contributed by atoms with van der Waals surface area (Å²) in [5.74, 6) is -0.0783. The monoisotopic (exact) mass is 399 g/mol.